The summed E-state index contributed by atoms with van der Waals surface area (Å²) in [6, 6.07) is 4.98. The number of rotatable bonds is 8. The molecule has 2 rings (SSSR count). The average molecular weight is 502 g/mol. The van der Waals surface area contributed by atoms with Gasteiger partial charge in [0, 0.05) is 11.6 Å². The van der Waals surface area contributed by atoms with E-state index in [4.69, 9.17) is 0 Å². The van der Waals surface area contributed by atoms with Crippen LogP contribution in [0.25, 0.3) is 0 Å². The second-order valence-electron chi connectivity index (χ2n) is 7.99. The Bertz CT molecular complexity index is 1080. The Morgan fingerprint density at radius 1 is 0.800 bits per heavy atom. The molecular formula is C23H23F5N2O5. The zero-order valence-electron chi connectivity index (χ0n) is 19.2. The Kier molecular flexibility index (Phi) is 9.15. The topological polar surface area (TPSA) is 93.7 Å². The van der Waals surface area contributed by atoms with Crippen LogP contribution in [0.3, 0.4) is 0 Å². The molecule has 0 heterocycles. The van der Waals surface area contributed by atoms with Gasteiger partial charge in [-0.15, -0.1) is 0 Å². The van der Waals surface area contributed by atoms with Gasteiger partial charge >= 0.3 is 6.16 Å². The Labute approximate surface area is 197 Å². The highest BCUT2D eigenvalue weighted by Crippen LogP contribution is 2.29. The summed E-state index contributed by atoms with van der Waals surface area (Å²) in [5, 5.41) is 5.22. The first kappa shape index (κ1) is 27.5. The van der Waals surface area contributed by atoms with E-state index < -0.39 is 59.5 Å². The number of amides is 2. The minimum absolute atomic E-state index is 0.105. The molecule has 0 fully saturated rings. The van der Waals surface area contributed by atoms with Crippen molar-refractivity contribution in [2.45, 2.75) is 40.3 Å². The Balaban J connectivity index is 1.91. The fourth-order valence-electron chi connectivity index (χ4n) is 2.58. The number of nitrogens with one attached hydrogen (secondary N) is 2. The van der Waals surface area contributed by atoms with E-state index in [1.165, 1.54) is 31.2 Å². The number of ether oxygens (including phenoxy) is 2. The summed E-state index contributed by atoms with van der Waals surface area (Å²) in [6.45, 7) is 6.59. The van der Waals surface area contributed by atoms with Gasteiger partial charge in [0.1, 0.15) is 12.6 Å². The van der Waals surface area contributed by atoms with E-state index in [2.05, 4.69) is 20.1 Å². The lowest BCUT2D eigenvalue weighted by Gasteiger charge is -2.19. The van der Waals surface area contributed by atoms with E-state index in [1.54, 1.807) is 6.92 Å². The molecule has 190 valence electrons. The van der Waals surface area contributed by atoms with Crippen molar-refractivity contribution in [1.82, 2.24) is 5.32 Å². The van der Waals surface area contributed by atoms with Crippen LogP contribution in [0.2, 0.25) is 0 Å². The number of anilines is 1. The van der Waals surface area contributed by atoms with Gasteiger partial charge in [-0.2, -0.15) is 8.78 Å². The molecule has 0 bridgehead atoms. The summed E-state index contributed by atoms with van der Waals surface area (Å²) in [7, 11) is 0. The third-order valence-electron chi connectivity index (χ3n) is 5.10. The molecule has 12 heteroatoms. The molecule has 0 aliphatic rings. The predicted octanol–water partition coefficient (Wildman–Crippen LogP) is 4.83. The van der Waals surface area contributed by atoms with Gasteiger partial charge in [0.25, 0.3) is 0 Å². The fourth-order valence-corrected chi connectivity index (χ4v) is 2.58. The first-order valence-corrected chi connectivity index (χ1v) is 10.4. The van der Waals surface area contributed by atoms with Crippen molar-refractivity contribution in [3.8, 4) is 5.75 Å². The average Bonchev–Trinajstić information content (AvgIpc) is 2.82. The summed E-state index contributed by atoms with van der Waals surface area (Å²) >= 11 is 0. The second-order valence-corrected chi connectivity index (χ2v) is 7.99. The summed E-state index contributed by atoms with van der Waals surface area (Å²) in [6.07, 6.45) is -1.70. The van der Waals surface area contributed by atoms with Gasteiger partial charge in [0.2, 0.25) is 46.6 Å². The van der Waals surface area contributed by atoms with E-state index in [0.29, 0.717) is 11.3 Å². The zero-order valence-corrected chi connectivity index (χ0v) is 19.2. The molecule has 7 nitrogen and oxygen atoms in total. The first-order chi connectivity index (χ1) is 16.3. The predicted molar refractivity (Wildman–Crippen MR) is 114 cm³/mol. The van der Waals surface area contributed by atoms with Crippen LogP contribution in [0.5, 0.6) is 5.75 Å². The lowest BCUT2D eigenvalue weighted by atomic mass is 9.97. The molecule has 0 aliphatic carbocycles. The normalized spacial score (nSPS) is 12.6. The lowest BCUT2D eigenvalue weighted by molar-refractivity contribution is -0.129. The Hall–Kier alpha value is -3.70. The van der Waals surface area contributed by atoms with Gasteiger partial charge in [-0.3, -0.25) is 9.59 Å². The summed E-state index contributed by atoms with van der Waals surface area (Å²) in [5.74, 6) is -14.2. The Morgan fingerprint density at radius 3 is 1.83 bits per heavy atom. The first-order valence-electron chi connectivity index (χ1n) is 10.4. The highest BCUT2D eigenvalue weighted by Gasteiger charge is 2.29. The number of hydrogen-bond acceptors (Lipinski definition) is 5. The molecule has 2 aromatic rings. The van der Waals surface area contributed by atoms with E-state index in [0.717, 1.165) is 0 Å². The molecule has 0 saturated heterocycles. The molecular weight excluding hydrogens is 479 g/mol. The van der Waals surface area contributed by atoms with Crippen LogP contribution < -0.4 is 15.4 Å². The fraction of sp³-hybridized carbons (Fsp3) is 0.348. The van der Waals surface area contributed by atoms with E-state index in [-0.39, 0.29) is 17.7 Å². The zero-order chi connectivity index (χ0) is 26.4. The van der Waals surface area contributed by atoms with Crippen molar-refractivity contribution >= 4 is 23.7 Å². The van der Waals surface area contributed by atoms with Crippen molar-refractivity contribution < 1.29 is 45.8 Å². The van der Waals surface area contributed by atoms with Crippen molar-refractivity contribution in [2.24, 2.45) is 11.8 Å². The molecule has 0 unspecified atom stereocenters. The van der Waals surface area contributed by atoms with Crippen LogP contribution >= 0.6 is 0 Å². The van der Waals surface area contributed by atoms with Crippen LogP contribution in [0, 0.1) is 40.9 Å². The number of hydrogen-bond donors (Lipinski definition) is 2. The van der Waals surface area contributed by atoms with Gasteiger partial charge < -0.3 is 20.1 Å². The number of carbonyl (C=O) groups excluding carboxylic acids is 3. The molecule has 2 atom stereocenters. The third-order valence-corrected chi connectivity index (χ3v) is 5.10. The van der Waals surface area contributed by atoms with Gasteiger partial charge in [-0.05, 0) is 30.5 Å². The summed E-state index contributed by atoms with van der Waals surface area (Å²) in [4.78, 5) is 36.0. The van der Waals surface area contributed by atoms with Crippen LogP contribution in [-0.2, 0) is 20.9 Å². The van der Waals surface area contributed by atoms with Gasteiger partial charge in [-0.25, -0.2) is 18.0 Å². The number of benzene rings is 2. The second kappa shape index (κ2) is 11.6. The molecule has 0 saturated carbocycles. The molecule has 0 radical (unpaired) electrons. The third kappa shape index (κ3) is 6.90. The maximum atomic E-state index is 13.6. The molecule has 0 aromatic heterocycles. The van der Waals surface area contributed by atoms with Crippen molar-refractivity contribution in [3.63, 3.8) is 0 Å². The van der Waals surface area contributed by atoms with E-state index in [1.807, 2.05) is 13.8 Å². The smallest absolute Gasteiger partial charge is 0.429 e. The summed E-state index contributed by atoms with van der Waals surface area (Å²) in [5.41, 5.74) is 0.713. The molecule has 2 amide bonds. The van der Waals surface area contributed by atoms with Gasteiger partial charge in [-0.1, -0.05) is 32.9 Å². The molecule has 2 N–H and O–H groups in total. The van der Waals surface area contributed by atoms with Crippen LogP contribution in [0.15, 0.2) is 24.3 Å². The standard InChI is InChI=1S/C23H23F5N2O5/c1-10(2)11(3)21(31)29-12(4)22(32)30-14-7-5-13(6-8-14)9-34-23(33)35-20-18(27)16(25)15(24)17(26)19(20)28/h5-8,10-12H,9H2,1-4H3,(H,29,31)(H,30,32)/t11-,12-/m0/s1. The summed E-state index contributed by atoms with van der Waals surface area (Å²) < 4.78 is 75.3. The quantitative estimate of drug-likeness (QED) is 0.177. The molecule has 2 aromatic carbocycles. The monoisotopic (exact) mass is 502 g/mol. The maximum Gasteiger partial charge on any atom is 0.514 e. The number of halogens is 5. The maximum absolute atomic E-state index is 13.6. The van der Waals surface area contributed by atoms with Crippen LogP contribution in [0.1, 0.15) is 33.3 Å². The van der Waals surface area contributed by atoms with E-state index in [9.17, 15) is 36.3 Å². The largest absolute Gasteiger partial charge is 0.514 e. The minimum atomic E-state index is -2.39. The highest BCUT2D eigenvalue weighted by atomic mass is 19.2. The van der Waals surface area contributed by atoms with Crippen molar-refractivity contribution in [3.05, 3.63) is 58.9 Å². The van der Waals surface area contributed by atoms with Crippen LogP contribution in [-0.4, -0.2) is 24.0 Å². The van der Waals surface area contributed by atoms with Gasteiger partial charge in [0.15, 0.2) is 0 Å². The molecule has 35 heavy (non-hydrogen) atoms. The van der Waals surface area contributed by atoms with Crippen molar-refractivity contribution in [2.75, 3.05) is 5.32 Å². The van der Waals surface area contributed by atoms with Crippen molar-refractivity contribution in [1.29, 1.82) is 0 Å². The minimum Gasteiger partial charge on any atom is -0.429 e. The molecule has 0 spiro atoms. The highest BCUT2D eigenvalue weighted by molar-refractivity contribution is 5.97. The number of carbonyl (C=O) groups is 3. The SMILES string of the molecule is CC(C)[C@H](C)C(=O)N[C@@H](C)C(=O)Nc1ccc(COC(=O)Oc2c(F)c(F)c(F)c(F)c2F)cc1. The molecule has 0 aliphatic heterocycles. The lowest BCUT2D eigenvalue weighted by Crippen LogP contribution is -2.44. The van der Waals surface area contributed by atoms with Gasteiger partial charge in [0.05, 0.1) is 0 Å². The van der Waals surface area contributed by atoms with Crippen LogP contribution in [0.4, 0.5) is 32.4 Å². The Morgan fingerprint density at radius 2 is 1.31 bits per heavy atom. The van der Waals surface area contributed by atoms with E-state index >= 15 is 0 Å².